The molecular formula is C14H16N4S. The van der Waals surface area contributed by atoms with Gasteiger partial charge in [0.1, 0.15) is 11.3 Å². The Bertz CT molecular complexity index is 754. The fraction of sp³-hybridized carbons (Fsp3) is 0.286. The minimum absolute atomic E-state index is 0.841. The van der Waals surface area contributed by atoms with Crippen molar-refractivity contribution in [1.82, 2.24) is 14.5 Å². The first-order chi connectivity index (χ1) is 9.13. The number of pyridine rings is 1. The van der Waals surface area contributed by atoms with Crippen LogP contribution in [0.1, 0.15) is 17.4 Å². The normalized spacial score (nSPS) is 11.3. The average Bonchev–Trinajstić information content (AvgIpc) is 2.87. The summed E-state index contributed by atoms with van der Waals surface area (Å²) in [6.45, 7) is 7.19. The molecule has 0 bridgehead atoms. The number of fused-ring (bicyclic) bond motifs is 1. The number of anilines is 1. The highest BCUT2D eigenvalue weighted by Gasteiger charge is 2.19. The van der Waals surface area contributed by atoms with E-state index in [0.717, 1.165) is 34.0 Å². The zero-order valence-corrected chi connectivity index (χ0v) is 12.1. The van der Waals surface area contributed by atoms with E-state index >= 15 is 0 Å². The van der Waals surface area contributed by atoms with Crippen LogP contribution in [0.5, 0.6) is 0 Å². The van der Waals surface area contributed by atoms with Crippen LogP contribution in [0.25, 0.3) is 22.4 Å². The molecule has 0 unspecified atom stereocenters. The number of nitrogens with two attached hydrogens (primary N) is 1. The monoisotopic (exact) mass is 272 g/mol. The molecule has 4 nitrogen and oxygen atoms in total. The van der Waals surface area contributed by atoms with Crippen LogP contribution in [0, 0.1) is 13.8 Å². The predicted molar refractivity (Wildman–Crippen MR) is 80.4 cm³/mol. The Kier molecular flexibility index (Phi) is 2.78. The number of rotatable bonds is 2. The quantitative estimate of drug-likeness (QED) is 0.778. The van der Waals surface area contributed by atoms with E-state index in [1.165, 1.54) is 10.4 Å². The van der Waals surface area contributed by atoms with Gasteiger partial charge in [-0.1, -0.05) is 0 Å². The van der Waals surface area contributed by atoms with Gasteiger partial charge in [-0.3, -0.25) is 4.98 Å². The maximum atomic E-state index is 6.17. The molecule has 0 aliphatic heterocycles. The van der Waals surface area contributed by atoms with Crippen LogP contribution in [0.4, 0.5) is 5.00 Å². The first kappa shape index (κ1) is 12.2. The van der Waals surface area contributed by atoms with Crippen molar-refractivity contribution < 1.29 is 0 Å². The van der Waals surface area contributed by atoms with Crippen molar-refractivity contribution in [3.63, 3.8) is 0 Å². The van der Waals surface area contributed by atoms with Gasteiger partial charge in [0, 0.05) is 17.6 Å². The molecule has 0 amide bonds. The van der Waals surface area contributed by atoms with E-state index in [9.17, 15) is 0 Å². The number of nitrogens with zero attached hydrogens (tertiary/aromatic N) is 3. The molecule has 0 fully saturated rings. The Morgan fingerprint density at radius 1 is 1.37 bits per heavy atom. The summed E-state index contributed by atoms with van der Waals surface area (Å²) in [5.41, 5.74) is 10.5. The number of aryl methyl sites for hydroxylation is 2. The third-order valence-corrected chi connectivity index (χ3v) is 4.54. The number of imidazole rings is 1. The minimum Gasteiger partial charge on any atom is -0.390 e. The van der Waals surface area contributed by atoms with Crippen LogP contribution < -0.4 is 5.73 Å². The molecule has 3 heterocycles. The van der Waals surface area contributed by atoms with E-state index in [1.807, 2.05) is 6.07 Å². The molecule has 0 aromatic carbocycles. The average molecular weight is 272 g/mol. The number of nitrogen functional groups attached to an aromatic ring is 1. The third-order valence-electron chi connectivity index (χ3n) is 3.50. The van der Waals surface area contributed by atoms with Gasteiger partial charge >= 0.3 is 0 Å². The standard InChI is InChI=1S/C14H16N4S/c1-4-18-11-5-6-16-7-10(11)17-14(18)12-8(2)9(3)19-13(12)15/h5-7H,4,15H2,1-3H3. The summed E-state index contributed by atoms with van der Waals surface area (Å²) in [6, 6.07) is 2.00. The molecule has 3 aromatic heterocycles. The van der Waals surface area contributed by atoms with E-state index in [4.69, 9.17) is 10.7 Å². The molecule has 0 aliphatic carbocycles. The smallest absolute Gasteiger partial charge is 0.144 e. The lowest BCUT2D eigenvalue weighted by molar-refractivity contribution is 0.796. The summed E-state index contributed by atoms with van der Waals surface area (Å²) in [6.07, 6.45) is 3.60. The van der Waals surface area contributed by atoms with Crippen LogP contribution >= 0.6 is 11.3 Å². The summed E-state index contributed by atoms with van der Waals surface area (Å²) >= 11 is 1.63. The molecule has 19 heavy (non-hydrogen) atoms. The van der Waals surface area contributed by atoms with Crippen molar-refractivity contribution in [3.05, 3.63) is 28.9 Å². The van der Waals surface area contributed by atoms with Crippen LogP contribution in [0.15, 0.2) is 18.5 Å². The maximum Gasteiger partial charge on any atom is 0.144 e. The van der Waals surface area contributed by atoms with Crippen molar-refractivity contribution in [1.29, 1.82) is 0 Å². The molecule has 3 rings (SSSR count). The number of hydrogen-bond acceptors (Lipinski definition) is 4. The van der Waals surface area contributed by atoms with Crippen molar-refractivity contribution in [2.24, 2.45) is 0 Å². The lowest BCUT2D eigenvalue weighted by Gasteiger charge is -2.06. The van der Waals surface area contributed by atoms with Gasteiger partial charge in [0.2, 0.25) is 0 Å². The SMILES string of the molecule is CCn1c(-c2c(N)sc(C)c2C)nc2cnccc21. The van der Waals surface area contributed by atoms with Crippen molar-refractivity contribution in [2.75, 3.05) is 5.73 Å². The lowest BCUT2D eigenvalue weighted by atomic mass is 10.1. The first-order valence-electron chi connectivity index (χ1n) is 6.29. The molecule has 0 radical (unpaired) electrons. The second kappa shape index (κ2) is 4.35. The third kappa shape index (κ3) is 1.73. The van der Waals surface area contributed by atoms with E-state index in [0.29, 0.717) is 0 Å². The fourth-order valence-corrected chi connectivity index (χ4v) is 3.36. The Balaban J connectivity index is 2.36. The summed E-state index contributed by atoms with van der Waals surface area (Å²) in [4.78, 5) is 10.1. The lowest BCUT2D eigenvalue weighted by Crippen LogP contribution is -1.99. The molecule has 5 heteroatoms. The van der Waals surface area contributed by atoms with Gasteiger partial charge in [-0.05, 0) is 32.4 Å². The van der Waals surface area contributed by atoms with Gasteiger partial charge in [0.05, 0.1) is 22.3 Å². The van der Waals surface area contributed by atoms with E-state index in [1.54, 1.807) is 23.7 Å². The predicted octanol–water partition coefficient (Wildman–Crippen LogP) is 3.38. The fourth-order valence-electron chi connectivity index (χ4n) is 2.42. The molecule has 0 spiro atoms. The van der Waals surface area contributed by atoms with Gasteiger partial charge in [-0.15, -0.1) is 11.3 Å². The summed E-state index contributed by atoms with van der Waals surface area (Å²) < 4.78 is 2.20. The second-order valence-electron chi connectivity index (χ2n) is 4.57. The highest BCUT2D eigenvalue weighted by molar-refractivity contribution is 7.16. The molecular weight excluding hydrogens is 256 g/mol. The van der Waals surface area contributed by atoms with Crippen LogP contribution in [-0.2, 0) is 6.54 Å². The van der Waals surface area contributed by atoms with Gasteiger partial charge in [-0.2, -0.15) is 0 Å². The van der Waals surface area contributed by atoms with Crippen molar-refractivity contribution >= 4 is 27.4 Å². The van der Waals surface area contributed by atoms with Crippen LogP contribution in [0.2, 0.25) is 0 Å². The zero-order valence-electron chi connectivity index (χ0n) is 11.3. The van der Waals surface area contributed by atoms with Gasteiger partial charge in [-0.25, -0.2) is 4.98 Å². The molecule has 98 valence electrons. The van der Waals surface area contributed by atoms with Gasteiger partial charge in [0.25, 0.3) is 0 Å². The Hall–Kier alpha value is -1.88. The highest BCUT2D eigenvalue weighted by atomic mass is 32.1. The largest absolute Gasteiger partial charge is 0.390 e. The van der Waals surface area contributed by atoms with Crippen molar-refractivity contribution in [2.45, 2.75) is 27.3 Å². The Morgan fingerprint density at radius 3 is 2.79 bits per heavy atom. The Morgan fingerprint density at radius 2 is 2.16 bits per heavy atom. The van der Waals surface area contributed by atoms with E-state index in [2.05, 4.69) is 30.3 Å². The number of aromatic nitrogens is 3. The van der Waals surface area contributed by atoms with Crippen LogP contribution in [0.3, 0.4) is 0 Å². The van der Waals surface area contributed by atoms with Crippen LogP contribution in [-0.4, -0.2) is 14.5 Å². The molecule has 0 aliphatic rings. The molecule has 2 N–H and O–H groups in total. The van der Waals surface area contributed by atoms with Gasteiger partial charge < -0.3 is 10.3 Å². The summed E-state index contributed by atoms with van der Waals surface area (Å²) in [5, 5.41) is 0.841. The molecule has 0 saturated carbocycles. The number of thiophene rings is 1. The second-order valence-corrected chi connectivity index (χ2v) is 5.82. The topological polar surface area (TPSA) is 56.7 Å². The highest BCUT2D eigenvalue weighted by Crippen LogP contribution is 2.38. The number of hydrogen-bond donors (Lipinski definition) is 1. The maximum absolute atomic E-state index is 6.17. The summed E-state index contributed by atoms with van der Waals surface area (Å²) in [7, 11) is 0. The molecule has 3 aromatic rings. The molecule has 0 saturated heterocycles. The Labute approximate surface area is 115 Å². The zero-order chi connectivity index (χ0) is 13.6. The van der Waals surface area contributed by atoms with E-state index < -0.39 is 0 Å². The first-order valence-corrected chi connectivity index (χ1v) is 7.11. The molecule has 0 atom stereocenters. The summed E-state index contributed by atoms with van der Waals surface area (Å²) in [5.74, 6) is 0.949. The minimum atomic E-state index is 0.841. The van der Waals surface area contributed by atoms with E-state index in [-0.39, 0.29) is 0 Å². The van der Waals surface area contributed by atoms with Crippen molar-refractivity contribution in [3.8, 4) is 11.4 Å². The van der Waals surface area contributed by atoms with Gasteiger partial charge in [0.15, 0.2) is 0 Å².